The highest BCUT2D eigenvalue weighted by molar-refractivity contribution is 5.29. The van der Waals surface area contributed by atoms with Gasteiger partial charge in [0.05, 0.1) is 23.9 Å². The molecule has 0 aromatic rings. The topological polar surface area (TPSA) is 80.9 Å². The van der Waals surface area contributed by atoms with E-state index >= 15 is 0 Å². The van der Waals surface area contributed by atoms with Crippen molar-refractivity contribution < 1.29 is 20.4 Å². The van der Waals surface area contributed by atoms with E-state index in [-0.39, 0.29) is 29.3 Å². The predicted molar refractivity (Wildman–Crippen MR) is 95.7 cm³/mol. The van der Waals surface area contributed by atoms with E-state index < -0.39 is 23.2 Å². The van der Waals surface area contributed by atoms with Crippen molar-refractivity contribution in [2.75, 3.05) is 0 Å². The largest absolute Gasteiger partial charge is 0.393 e. The third kappa shape index (κ3) is 2.14. The van der Waals surface area contributed by atoms with E-state index in [0.717, 1.165) is 32.1 Å². The maximum atomic E-state index is 11.9. The molecule has 0 saturated heterocycles. The van der Waals surface area contributed by atoms with Crippen LogP contribution in [-0.2, 0) is 0 Å². The summed E-state index contributed by atoms with van der Waals surface area (Å²) in [7, 11) is 0. The molecule has 0 heterocycles. The Bertz CT molecular complexity index is 586. The molecule has 0 aliphatic heterocycles. The van der Waals surface area contributed by atoms with Gasteiger partial charge in [0, 0.05) is 5.41 Å². The second-order valence-electron chi connectivity index (χ2n) is 9.84. The fourth-order valence-corrected chi connectivity index (χ4v) is 7.40. The van der Waals surface area contributed by atoms with Gasteiger partial charge in [0.2, 0.25) is 0 Å². The van der Waals surface area contributed by atoms with Crippen LogP contribution in [-0.4, -0.2) is 44.3 Å². The summed E-state index contributed by atoms with van der Waals surface area (Å²) in [5.41, 5.74) is -0.253. The molecule has 0 bridgehead atoms. The molecular formula is C21H34O4. The van der Waals surface area contributed by atoms with Crippen LogP contribution < -0.4 is 0 Å². The number of aliphatic hydroxyl groups is 4. The molecular weight excluding hydrogens is 316 g/mol. The Labute approximate surface area is 151 Å². The van der Waals surface area contributed by atoms with Crippen molar-refractivity contribution in [2.45, 2.75) is 89.6 Å². The van der Waals surface area contributed by atoms with E-state index in [1.807, 2.05) is 6.92 Å². The van der Waals surface area contributed by atoms with E-state index in [1.165, 1.54) is 5.57 Å². The molecule has 0 radical (unpaired) electrons. The molecule has 4 rings (SSSR count). The number of allylic oxidation sites excluding steroid dienone is 1. The minimum absolute atomic E-state index is 0.0247. The van der Waals surface area contributed by atoms with Crippen LogP contribution in [0.4, 0.5) is 0 Å². The van der Waals surface area contributed by atoms with Crippen molar-refractivity contribution >= 4 is 0 Å². The monoisotopic (exact) mass is 350 g/mol. The Morgan fingerprint density at radius 3 is 2.52 bits per heavy atom. The van der Waals surface area contributed by atoms with Gasteiger partial charge in [-0.1, -0.05) is 25.5 Å². The lowest BCUT2D eigenvalue weighted by Gasteiger charge is -2.63. The smallest absolute Gasteiger partial charge is 0.0763 e. The van der Waals surface area contributed by atoms with Gasteiger partial charge in [0.25, 0.3) is 0 Å². The molecule has 3 saturated carbocycles. The number of fused-ring (bicyclic) bond motifs is 5. The number of aliphatic hydroxyl groups excluding tert-OH is 3. The zero-order valence-corrected chi connectivity index (χ0v) is 15.8. The molecule has 0 amide bonds. The van der Waals surface area contributed by atoms with Gasteiger partial charge < -0.3 is 20.4 Å². The van der Waals surface area contributed by atoms with E-state index in [4.69, 9.17) is 0 Å². The maximum absolute atomic E-state index is 11.9. The van der Waals surface area contributed by atoms with Crippen LogP contribution in [0.3, 0.4) is 0 Å². The first-order valence-corrected chi connectivity index (χ1v) is 10.1. The van der Waals surface area contributed by atoms with Crippen LogP contribution in [0.15, 0.2) is 11.6 Å². The Morgan fingerprint density at radius 2 is 1.84 bits per heavy atom. The summed E-state index contributed by atoms with van der Waals surface area (Å²) in [6, 6.07) is 0. The van der Waals surface area contributed by atoms with Crippen molar-refractivity contribution in [3.63, 3.8) is 0 Å². The molecule has 4 aliphatic carbocycles. The number of rotatable bonds is 1. The standard InChI is InChI=1S/C21H34O4/c1-12(22)15-7-9-21(25)16-5-4-13-10-14(23)6-8-19(13,2)17(16)11-18(24)20(15,21)3/h4,12,14-18,22-25H,5-11H2,1-3H3/t12-,14-,15+,16+,17-,18+,19-,20-,21-/m0/s1. The Kier molecular flexibility index (Phi) is 3.98. The quantitative estimate of drug-likeness (QED) is 0.548. The van der Waals surface area contributed by atoms with Gasteiger partial charge in [-0.25, -0.2) is 0 Å². The SMILES string of the molecule is C[C@H](O)[C@H]1CC[C@]2(O)[C@@H]3CC=C4C[C@@H](O)CC[C@]4(C)[C@H]3C[C@@H](O)[C@]12C. The third-order valence-corrected chi connectivity index (χ3v) is 9.01. The molecule has 25 heavy (non-hydrogen) atoms. The lowest BCUT2D eigenvalue weighted by molar-refractivity contribution is -0.232. The predicted octanol–water partition coefficient (Wildman–Crippen LogP) is 2.39. The van der Waals surface area contributed by atoms with Crippen molar-refractivity contribution in [3.8, 4) is 0 Å². The molecule has 3 fully saturated rings. The van der Waals surface area contributed by atoms with Crippen molar-refractivity contribution in [1.29, 1.82) is 0 Å². The molecule has 0 aromatic heterocycles. The van der Waals surface area contributed by atoms with Crippen molar-refractivity contribution in [2.24, 2.45) is 28.6 Å². The van der Waals surface area contributed by atoms with E-state index in [9.17, 15) is 20.4 Å². The summed E-state index contributed by atoms with van der Waals surface area (Å²) in [6.07, 6.45) is 6.35. The lowest BCUT2D eigenvalue weighted by Crippen LogP contribution is -2.66. The fourth-order valence-electron chi connectivity index (χ4n) is 7.40. The maximum Gasteiger partial charge on any atom is 0.0763 e. The zero-order valence-electron chi connectivity index (χ0n) is 15.8. The first kappa shape index (κ1) is 18.0. The molecule has 0 spiro atoms. The second kappa shape index (κ2) is 5.54. The number of hydrogen-bond acceptors (Lipinski definition) is 4. The van der Waals surface area contributed by atoms with Gasteiger partial charge in [0.1, 0.15) is 0 Å². The van der Waals surface area contributed by atoms with Gasteiger partial charge in [-0.2, -0.15) is 0 Å². The summed E-state index contributed by atoms with van der Waals surface area (Å²) in [5, 5.41) is 43.4. The van der Waals surface area contributed by atoms with E-state index in [0.29, 0.717) is 12.8 Å². The first-order valence-electron chi connectivity index (χ1n) is 10.1. The fraction of sp³-hybridized carbons (Fsp3) is 0.905. The van der Waals surface area contributed by atoms with Crippen LogP contribution in [0.25, 0.3) is 0 Å². The van der Waals surface area contributed by atoms with Crippen LogP contribution in [0.1, 0.15) is 65.7 Å². The minimum atomic E-state index is -0.919. The van der Waals surface area contributed by atoms with Gasteiger partial charge in [-0.05, 0) is 75.0 Å². The Hall–Kier alpha value is -0.420. The Morgan fingerprint density at radius 1 is 1.12 bits per heavy atom. The molecule has 142 valence electrons. The minimum Gasteiger partial charge on any atom is -0.393 e. The number of hydrogen-bond donors (Lipinski definition) is 4. The van der Waals surface area contributed by atoms with Crippen molar-refractivity contribution in [3.05, 3.63) is 11.6 Å². The summed E-state index contributed by atoms with van der Waals surface area (Å²) < 4.78 is 0. The van der Waals surface area contributed by atoms with E-state index in [2.05, 4.69) is 13.0 Å². The third-order valence-electron chi connectivity index (χ3n) is 9.01. The summed E-state index contributed by atoms with van der Waals surface area (Å²) in [4.78, 5) is 0. The van der Waals surface area contributed by atoms with Gasteiger partial charge >= 0.3 is 0 Å². The lowest BCUT2D eigenvalue weighted by atomic mass is 9.45. The molecule has 4 heteroatoms. The normalized spacial score (nSPS) is 56.4. The summed E-state index contributed by atoms with van der Waals surface area (Å²) in [5.74, 6) is 0.328. The van der Waals surface area contributed by atoms with Gasteiger partial charge in [0.15, 0.2) is 0 Å². The van der Waals surface area contributed by atoms with E-state index in [1.54, 1.807) is 6.92 Å². The highest BCUT2D eigenvalue weighted by atomic mass is 16.3. The van der Waals surface area contributed by atoms with Crippen LogP contribution in [0, 0.1) is 28.6 Å². The molecule has 0 unspecified atom stereocenters. The Balaban J connectivity index is 1.76. The molecule has 9 atom stereocenters. The molecule has 4 nitrogen and oxygen atoms in total. The average Bonchev–Trinajstić information content (AvgIpc) is 2.83. The van der Waals surface area contributed by atoms with Crippen LogP contribution >= 0.6 is 0 Å². The summed E-state index contributed by atoms with van der Waals surface area (Å²) in [6.45, 7) is 6.08. The highest BCUT2D eigenvalue weighted by Crippen LogP contribution is 2.68. The molecule has 4 aliphatic rings. The summed E-state index contributed by atoms with van der Waals surface area (Å²) >= 11 is 0. The molecule has 0 aromatic carbocycles. The highest BCUT2D eigenvalue weighted by Gasteiger charge is 2.69. The average molecular weight is 350 g/mol. The van der Waals surface area contributed by atoms with Gasteiger partial charge in [-0.15, -0.1) is 0 Å². The second-order valence-corrected chi connectivity index (χ2v) is 9.84. The first-order chi connectivity index (χ1) is 11.6. The zero-order chi connectivity index (χ0) is 18.2. The van der Waals surface area contributed by atoms with Crippen molar-refractivity contribution in [1.82, 2.24) is 0 Å². The molecule has 4 N–H and O–H groups in total. The van der Waals surface area contributed by atoms with Gasteiger partial charge in [-0.3, -0.25) is 0 Å². The van der Waals surface area contributed by atoms with Crippen LogP contribution in [0.5, 0.6) is 0 Å². The van der Waals surface area contributed by atoms with Crippen LogP contribution in [0.2, 0.25) is 0 Å².